The van der Waals surface area contributed by atoms with Gasteiger partial charge in [0.15, 0.2) is 0 Å². The van der Waals surface area contributed by atoms with Crippen LogP contribution in [0.3, 0.4) is 0 Å². The second-order valence-electron chi connectivity index (χ2n) is 8.34. The molecular weight excluding hydrogens is 346 g/mol. The average molecular weight is 374 g/mol. The number of hydrogen-bond donors (Lipinski definition) is 0. The van der Waals surface area contributed by atoms with Crippen LogP contribution in [0.5, 0.6) is 0 Å². The molecular formula is C24H27N3O. The summed E-state index contributed by atoms with van der Waals surface area (Å²) in [5.74, 6) is 2.20. The summed E-state index contributed by atoms with van der Waals surface area (Å²) in [6.45, 7) is 4.32. The number of nitrogens with zero attached hydrogens (tertiary/aromatic N) is 3. The Labute approximate surface area is 166 Å². The van der Waals surface area contributed by atoms with Gasteiger partial charge < -0.3 is 9.32 Å². The lowest BCUT2D eigenvalue weighted by atomic mass is 9.67. The van der Waals surface area contributed by atoms with Crippen molar-refractivity contribution in [2.45, 2.75) is 44.1 Å². The highest BCUT2D eigenvalue weighted by Gasteiger charge is 2.46. The van der Waals surface area contributed by atoms with Crippen LogP contribution in [0.4, 0.5) is 0 Å². The number of rotatable bonds is 5. The van der Waals surface area contributed by atoms with Gasteiger partial charge in [0, 0.05) is 13.0 Å². The van der Waals surface area contributed by atoms with E-state index in [1.807, 2.05) is 6.92 Å². The third-order valence-corrected chi connectivity index (χ3v) is 6.74. The van der Waals surface area contributed by atoms with Gasteiger partial charge in [-0.2, -0.15) is 0 Å². The Hall–Kier alpha value is -2.46. The van der Waals surface area contributed by atoms with Crippen molar-refractivity contribution in [3.05, 3.63) is 83.6 Å². The van der Waals surface area contributed by atoms with Crippen molar-refractivity contribution >= 4 is 0 Å². The summed E-state index contributed by atoms with van der Waals surface area (Å²) in [6, 6.07) is 22.0. The minimum atomic E-state index is -0.425. The van der Waals surface area contributed by atoms with E-state index in [4.69, 9.17) is 4.42 Å². The average Bonchev–Trinajstić information content (AvgIpc) is 3.21. The van der Waals surface area contributed by atoms with Crippen molar-refractivity contribution in [1.29, 1.82) is 0 Å². The van der Waals surface area contributed by atoms with Gasteiger partial charge in [0.05, 0.1) is 5.41 Å². The van der Waals surface area contributed by atoms with Gasteiger partial charge in [-0.05, 0) is 55.8 Å². The summed E-state index contributed by atoms with van der Waals surface area (Å²) < 4.78 is 6.14. The van der Waals surface area contributed by atoms with Crippen LogP contribution in [0.2, 0.25) is 0 Å². The molecule has 6 rings (SSSR count). The molecule has 4 nitrogen and oxygen atoms in total. The Morgan fingerprint density at radius 1 is 0.929 bits per heavy atom. The van der Waals surface area contributed by atoms with E-state index >= 15 is 0 Å². The van der Waals surface area contributed by atoms with Gasteiger partial charge in [-0.15, -0.1) is 10.2 Å². The Kier molecular flexibility index (Phi) is 4.52. The van der Waals surface area contributed by atoms with E-state index in [0.29, 0.717) is 17.8 Å². The Morgan fingerprint density at radius 3 is 2.00 bits per heavy atom. The van der Waals surface area contributed by atoms with Crippen LogP contribution >= 0.6 is 0 Å². The molecule has 4 heterocycles. The zero-order valence-corrected chi connectivity index (χ0v) is 16.4. The van der Waals surface area contributed by atoms with Crippen LogP contribution in [0.1, 0.15) is 48.6 Å². The second kappa shape index (κ2) is 7.17. The fourth-order valence-corrected chi connectivity index (χ4v) is 5.30. The lowest BCUT2D eigenvalue weighted by molar-refractivity contribution is 0.0363. The van der Waals surface area contributed by atoms with Gasteiger partial charge in [-0.3, -0.25) is 0 Å². The maximum Gasteiger partial charge on any atom is 0.231 e. The van der Waals surface area contributed by atoms with Crippen LogP contribution in [-0.2, 0) is 5.41 Å². The van der Waals surface area contributed by atoms with E-state index in [1.54, 1.807) is 0 Å². The Bertz CT molecular complexity index is 874. The highest BCUT2D eigenvalue weighted by Crippen LogP contribution is 2.46. The third kappa shape index (κ3) is 2.96. The van der Waals surface area contributed by atoms with Gasteiger partial charge >= 0.3 is 0 Å². The zero-order valence-electron chi connectivity index (χ0n) is 16.4. The molecule has 1 aromatic heterocycles. The molecule has 3 aromatic rings. The van der Waals surface area contributed by atoms with Crippen LogP contribution in [-0.4, -0.2) is 34.2 Å². The summed E-state index contributed by atoms with van der Waals surface area (Å²) >= 11 is 0. The molecule has 1 atom stereocenters. The first-order valence-electron chi connectivity index (χ1n) is 10.4. The first-order chi connectivity index (χ1) is 13.8. The van der Waals surface area contributed by atoms with Gasteiger partial charge in [0.25, 0.3) is 0 Å². The van der Waals surface area contributed by atoms with Crippen molar-refractivity contribution < 1.29 is 4.42 Å². The standard InChI is InChI=1S/C24H27N3O/c1-18-25-26-23(28-18)24(20-8-4-2-5-9-20,21-10-6-3-7-11-21)17-22-16-19-12-14-27(22)15-13-19/h2-11,19,22H,12-17H2,1H3. The summed E-state index contributed by atoms with van der Waals surface area (Å²) in [5, 5.41) is 8.78. The van der Waals surface area contributed by atoms with Gasteiger partial charge in [-0.1, -0.05) is 60.7 Å². The summed E-state index contributed by atoms with van der Waals surface area (Å²) in [7, 11) is 0. The molecule has 2 bridgehead atoms. The number of aromatic nitrogens is 2. The number of aryl methyl sites for hydroxylation is 1. The first kappa shape index (κ1) is 17.6. The zero-order chi connectivity index (χ0) is 19.0. The molecule has 3 aliphatic heterocycles. The van der Waals surface area contributed by atoms with Gasteiger partial charge in [-0.25, -0.2) is 0 Å². The minimum absolute atomic E-state index is 0.425. The highest BCUT2D eigenvalue weighted by atomic mass is 16.4. The first-order valence-corrected chi connectivity index (χ1v) is 10.4. The molecule has 4 heteroatoms. The molecule has 1 unspecified atom stereocenters. The SMILES string of the molecule is Cc1nnc(C(CC2CC3CCN2CC3)(c2ccccc2)c2ccccc2)o1. The Balaban J connectivity index is 1.68. The van der Waals surface area contributed by atoms with Crippen molar-refractivity contribution in [1.82, 2.24) is 15.1 Å². The normalized spacial score (nSPS) is 24.4. The smallest absolute Gasteiger partial charge is 0.231 e. The summed E-state index contributed by atoms with van der Waals surface area (Å²) in [6.07, 6.45) is 4.94. The Morgan fingerprint density at radius 2 is 1.54 bits per heavy atom. The van der Waals surface area contributed by atoms with Crippen LogP contribution in [0, 0.1) is 12.8 Å². The van der Waals surface area contributed by atoms with Gasteiger partial charge in [0.2, 0.25) is 11.8 Å². The van der Waals surface area contributed by atoms with E-state index in [2.05, 4.69) is 75.8 Å². The predicted octanol–water partition coefficient (Wildman–Crippen LogP) is 4.59. The predicted molar refractivity (Wildman–Crippen MR) is 109 cm³/mol. The fourth-order valence-electron chi connectivity index (χ4n) is 5.30. The number of piperidine rings is 3. The maximum absolute atomic E-state index is 6.14. The molecule has 3 aliphatic rings. The van der Waals surface area contributed by atoms with E-state index in [1.165, 1.54) is 43.5 Å². The molecule has 28 heavy (non-hydrogen) atoms. The molecule has 0 radical (unpaired) electrons. The quantitative estimate of drug-likeness (QED) is 0.656. The molecule has 0 spiro atoms. The van der Waals surface area contributed by atoms with E-state index in [-0.39, 0.29) is 0 Å². The van der Waals surface area contributed by atoms with E-state index in [9.17, 15) is 0 Å². The highest BCUT2D eigenvalue weighted by molar-refractivity contribution is 5.45. The van der Waals surface area contributed by atoms with Crippen molar-refractivity contribution in [3.63, 3.8) is 0 Å². The molecule has 144 valence electrons. The van der Waals surface area contributed by atoms with Crippen LogP contribution in [0.25, 0.3) is 0 Å². The lowest BCUT2D eigenvalue weighted by Gasteiger charge is -2.48. The van der Waals surface area contributed by atoms with E-state index in [0.717, 1.165) is 12.3 Å². The molecule has 3 saturated heterocycles. The molecule has 0 aliphatic carbocycles. The summed E-state index contributed by atoms with van der Waals surface area (Å²) in [4.78, 5) is 2.68. The minimum Gasteiger partial charge on any atom is -0.424 e. The third-order valence-electron chi connectivity index (χ3n) is 6.74. The molecule has 0 amide bonds. The molecule has 3 fully saturated rings. The van der Waals surface area contributed by atoms with Crippen molar-refractivity contribution in [3.8, 4) is 0 Å². The topological polar surface area (TPSA) is 42.2 Å². The monoisotopic (exact) mass is 373 g/mol. The molecule has 0 saturated carbocycles. The second-order valence-corrected chi connectivity index (χ2v) is 8.34. The lowest BCUT2D eigenvalue weighted by Crippen LogP contribution is -2.51. The van der Waals surface area contributed by atoms with Crippen molar-refractivity contribution in [2.24, 2.45) is 5.92 Å². The molecule has 2 aromatic carbocycles. The fraction of sp³-hybridized carbons (Fsp3) is 0.417. The van der Waals surface area contributed by atoms with Gasteiger partial charge in [0.1, 0.15) is 0 Å². The van der Waals surface area contributed by atoms with Crippen LogP contribution < -0.4 is 0 Å². The van der Waals surface area contributed by atoms with Crippen molar-refractivity contribution in [2.75, 3.05) is 13.1 Å². The maximum atomic E-state index is 6.14. The summed E-state index contributed by atoms with van der Waals surface area (Å²) in [5.41, 5.74) is 2.03. The largest absolute Gasteiger partial charge is 0.424 e. The number of hydrogen-bond acceptors (Lipinski definition) is 4. The van der Waals surface area contributed by atoms with E-state index < -0.39 is 5.41 Å². The number of fused-ring (bicyclic) bond motifs is 3. The number of benzene rings is 2. The molecule has 0 N–H and O–H groups in total. The van der Waals surface area contributed by atoms with Crippen LogP contribution in [0.15, 0.2) is 65.1 Å².